The molecular formula is C10H11BrN2O3S. The monoisotopic (exact) mass is 318 g/mol. The van der Waals surface area contributed by atoms with Crippen LogP contribution in [0.3, 0.4) is 0 Å². The topological polar surface area (TPSA) is 61.2 Å². The van der Waals surface area contributed by atoms with Crippen molar-refractivity contribution in [2.45, 2.75) is 6.54 Å². The number of rotatable bonds is 4. The third kappa shape index (κ3) is 3.27. The Labute approximate surface area is 108 Å². The van der Waals surface area contributed by atoms with Crippen LogP contribution in [0.1, 0.15) is 0 Å². The van der Waals surface area contributed by atoms with E-state index in [-0.39, 0.29) is 6.61 Å². The summed E-state index contributed by atoms with van der Waals surface area (Å²) in [6, 6.07) is 5.79. The van der Waals surface area contributed by atoms with Gasteiger partial charge < -0.3 is 0 Å². The van der Waals surface area contributed by atoms with E-state index in [1.165, 1.54) is 0 Å². The maximum Gasteiger partial charge on any atom is 0.264 e. The Morgan fingerprint density at radius 3 is 2.94 bits per heavy atom. The molecule has 17 heavy (non-hydrogen) atoms. The van der Waals surface area contributed by atoms with E-state index in [9.17, 15) is 8.42 Å². The van der Waals surface area contributed by atoms with Gasteiger partial charge in [0.2, 0.25) is 0 Å². The molecule has 0 saturated carbocycles. The molecule has 7 heteroatoms. The Morgan fingerprint density at radius 2 is 2.24 bits per heavy atom. The summed E-state index contributed by atoms with van der Waals surface area (Å²) < 4.78 is 29.0. The summed E-state index contributed by atoms with van der Waals surface area (Å²) in [6.07, 6.45) is 2.77. The van der Waals surface area contributed by atoms with Crippen LogP contribution in [0.15, 0.2) is 28.9 Å². The first kappa shape index (κ1) is 12.5. The molecule has 0 atom stereocenters. The molecule has 5 nitrogen and oxygen atoms in total. The molecule has 2 aromatic rings. The van der Waals surface area contributed by atoms with Crippen LogP contribution in [0.2, 0.25) is 0 Å². The second kappa shape index (κ2) is 4.75. The van der Waals surface area contributed by atoms with Gasteiger partial charge in [0.15, 0.2) is 0 Å². The van der Waals surface area contributed by atoms with Crippen molar-refractivity contribution in [2.75, 3.05) is 12.9 Å². The standard InChI is InChI=1S/C10H11BrN2O3S/c1-17(14,15)16-5-4-13-10-3-2-9(11)6-8(10)7-12-13/h2-3,6-7H,4-5H2,1H3. The quantitative estimate of drug-likeness (QED) is 0.806. The number of benzene rings is 1. The zero-order valence-electron chi connectivity index (χ0n) is 9.13. The lowest BCUT2D eigenvalue weighted by atomic mass is 10.2. The van der Waals surface area contributed by atoms with Crippen LogP contribution in [-0.4, -0.2) is 31.1 Å². The molecule has 0 radical (unpaired) electrons. The fourth-order valence-corrected chi connectivity index (χ4v) is 2.27. The first-order chi connectivity index (χ1) is 7.96. The minimum absolute atomic E-state index is 0.0890. The van der Waals surface area contributed by atoms with E-state index in [1.54, 1.807) is 10.9 Å². The van der Waals surface area contributed by atoms with E-state index >= 15 is 0 Å². The van der Waals surface area contributed by atoms with Crippen molar-refractivity contribution in [1.29, 1.82) is 0 Å². The maximum atomic E-state index is 10.8. The first-order valence-corrected chi connectivity index (χ1v) is 7.52. The third-order valence-electron chi connectivity index (χ3n) is 2.20. The Hall–Kier alpha value is -0.920. The molecule has 0 aliphatic carbocycles. The van der Waals surface area contributed by atoms with Gasteiger partial charge in [-0.3, -0.25) is 8.86 Å². The molecule has 0 aliphatic heterocycles. The molecule has 1 aromatic heterocycles. The second-order valence-electron chi connectivity index (χ2n) is 3.60. The molecule has 1 aromatic carbocycles. The number of nitrogens with zero attached hydrogens (tertiary/aromatic N) is 2. The van der Waals surface area contributed by atoms with Crippen LogP contribution in [0.5, 0.6) is 0 Å². The van der Waals surface area contributed by atoms with Gasteiger partial charge in [0.1, 0.15) is 0 Å². The average Bonchev–Trinajstić information content (AvgIpc) is 2.59. The lowest BCUT2D eigenvalue weighted by Gasteiger charge is -2.03. The summed E-state index contributed by atoms with van der Waals surface area (Å²) in [5.41, 5.74) is 0.949. The highest BCUT2D eigenvalue weighted by Crippen LogP contribution is 2.19. The molecule has 0 amide bonds. The predicted molar refractivity (Wildman–Crippen MR) is 68.2 cm³/mol. The highest BCUT2D eigenvalue weighted by Gasteiger charge is 2.05. The van der Waals surface area contributed by atoms with Gasteiger partial charge in [-0.1, -0.05) is 15.9 Å². The van der Waals surface area contributed by atoms with Crippen molar-refractivity contribution in [3.8, 4) is 0 Å². The normalized spacial score (nSPS) is 12.1. The van der Waals surface area contributed by atoms with Crippen molar-refractivity contribution in [3.63, 3.8) is 0 Å². The highest BCUT2D eigenvalue weighted by atomic mass is 79.9. The lowest BCUT2D eigenvalue weighted by molar-refractivity contribution is 0.299. The Balaban J connectivity index is 2.14. The number of hydrogen-bond donors (Lipinski definition) is 0. The molecule has 0 saturated heterocycles. The van der Waals surface area contributed by atoms with Gasteiger partial charge in [-0.2, -0.15) is 13.5 Å². The Morgan fingerprint density at radius 1 is 1.47 bits per heavy atom. The number of hydrogen-bond acceptors (Lipinski definition) is 4. The Bertz CT molecular complexity index is 636. The van der Waals surface area contributed by atoms with Crippen molar-refractivity contribution in [1.82, 2.24) is 9.78 Å². The van der Waals surface area contributed by atoms with Gasteiger partial charge >= 0.3 is 0 Å². The molecule has 0 fully saturated rings. The second-order valence-corrected chi connectivity index (χ2v) is 6.16. The zero-order chi connectivity index (χ0) is 12.5. The average molecular weight is 319 g/mol. The van der Waals surface area contributed by atoms with Crippen LogP contribution in [-0.2, 0) is 20.8 Å². The number of fused-ring (bicyclic) bond motifs is 1. The first-order valence-electron chi connectivity index (χ1n) is 4.91. The van der Waals surface area contributed by atoms with E-state index in [4.69, 9.17) is 0 Å². The van der Waals surface area contributed by atoms with E-state index in [0.717, 1.165) is 21.6 Å². The van der Waals surface area contributed by atoms with E-state index in [1.807, 2.05) is 18.2 Å². The predicted octanol–water partition coefficient (Wildman–Crippen LogP) is 1.77. The van der Waals surface area contributed by atoms with Gasteiger partial charge in [-0.15, -0.1) is 0 Å². The van der Waals surface area contributed by atoms with Gasteiger partial charge in [0.05, 0.1) is 31.1 Å². The molecular weight excluding hydrogens is 308 g/mol. The molecule has 0 spiro atoms. The number of aromatic nitrogens is 2. The van der Waals surface area contributed by atoms with Crippen LogP contribution in [0, 0.1) is 0 Å². The Kier molecular flexibility index (Phi) is 3.50. The summed E-state index contributed by atoms with van der Waals surface area (Å²) >= 11 is 3.38. The van der Waals surface area contributed by atoms with Crippen LogP contribution < -0.4 is 0 Å². The number of halogens is 1. The van der Waals surface area contributed by atoms with Crippen LogP contribution in [0.4, 0.5) is 0 Å². The van der Waals surface area contributed by atoms with Crippen molar-refractivity contribution < 1.29 is 12.6 Å². The summed E-state index contributed by atoms with van der Waals surface area (Å²) in [5.74, 6) is 0. The minimum atomic E-state index is -3.39. The van der Waals surface area contributed by atoms with Crippen LogP contribution in [0.25, 0.3) is 10.9 Å². The maximum absolute atomic E-state index is 10.8. The molecule has 0 unspecified atom stereocenters. The van der Waals surface area contributed by atoms with E-state index in [2.05, 4.69) is 25.2 Å². The molecule has 0 bridgehead atoms. The van der Waals surface area contributed by atoms with Gasteiger partial charge in [0.25, 0.3) is 10.1 Å². The lowest BCUT2D eigenvalue weighted by Crippen LogP contribution is -2.11. The fraction of sp³-hybridized carbons (Fsp3) is 0.300. The van der Waals surface area contributed by atoms with Crippen molar-refractivity contribution in [2.24, 2.45) is 0 Å². The van der Waals surface area contributed by atoms with Crippen molar-refractivity contribution >= 4 is 37.0 Å². The highest BCUT2D eigenvalue weighted by molar-refractivity contribution is 9.10. The van der Waals surface area contributed by atoms with E-state index < -0.39 is 10.1 Å². The van der Waals surface area contributed by atoms with Gasteiger partial charge in [-0.25, -0.2) is 0 Å². The minimum Gasteiger partial charge on any atom is -0.268 e. The van der Waals surface area contributed by atoms with Crippen molar-refractivity contribution in [3.05, 3.63) is 28.9 Å². The molecule has 0 aliphatic rings. The summed E-state index contributed by atoms with van der Waals surface area (Å²) in [4.78, 5) is 0. The van der Waals surface area contributed by atoms with Gasteiger partial charge in [0, 0.05) is 9.86 Å². The SMILES string of the molecule is CS(=O)(=O)OCCn1ncc2cc(Br)ccc21. The zero-order valence-corrected chi connectivity index (χ0v) is 11.5. The van der Waals surface area contributed by atoms with E-state index in [0.29, 0.717) is 6.54 Å². The summed E-state index contributed by atoms with van der Waals surface area (Å²) in [7, 11) is -3.39. The van der Waals surface area contributed by atoms with Crippen LogP contribution >= 0.6 is 15.9 Å². The largest absolute Gasteiger partial charge is 0.268 e. The summed E-state index contributed by atoms with van der Waals surface area (Å²) in [6.45, 7) is 0.490. The smallest absolute Gasteiger partial charge is 0.264 e. The summed E-state index contributed by atoms with van der Waals surface area (Å²) in [5, 5.41) is 5.18. The molecule has 92 valence electrons. The fourth-order valence-electron chi connectivity index (χ4n) is 1.51. The molecule has 0 N–H and O–H groups in total. The third-order valence-corrected chi connectivity index (χ3v) is 3.29. The molecule has 2 rings (SSSR count). The van der Waals surface area contributed by atoms with Gasteiger partial charge in [-0.05, 0) is 18.2 Å². The molecule has 1 heterocycles.